The quantitative estimate of drug-likeness (QED) is 0.427. The van der Waals surface area contributed by atoms with E-state index in [4.69, 9.17) is 5.73 Å². The number of amides is 2. The van der Waals surface area contributed by atoms with Crippen LogP contribution < -0.4 is 11.1 Å². The van der Waals surface area contributed by atoms with Crippen LogP contribution in [0, 0.1) is 17.2 Å². The molecule has 3 aliphatic rings. The third-order valence-electron chi connectivity index (χ3n) is 7.72. The molecule has 0 spiro atoms. The van der Waals surface area contributed by atoms with Gasteiger partial charge in [-0.05, 0) is 73.6 Å². The molecule has 3 aromatic heterocycles. The molecule has 0 radical (unpaired) electrons. The van der Waals surface area contributed by atoms with Gasteiger partial charge < -0.3 is 16.0 Å². The van der Waals surface area contributed by atoms with Crippen LogP contribution >= 0.6 is 22.7 Å². The Morgan fingerprint density at radius 2 is 2.19 bits per heavy atom. The first kappa shape index (κ1) is 23.3. The standard InChI is InChI=1S/C24H26N8O2S2/c1-12(27-11-19(33)32-16(10-25)6-15-7-17(15)32)9-24(23-28-30-31-29-23)20-13(4-5-35-20)2-3-14-8-18(22(26)34)36-21(14)24/h4-5,8,12,15-17,27H,2-3,6-7,9,11H2,1H3,(H2,26,34)(H,28,29,30,31)/t12-,15-,16+,17+,24?/m1/s1. The van der Waals surface area contributed by atoms with Gasteiger partial charge in [-0.15, -0.1) is 32.9 Å². The first-order chi connectivity index (χ1) is 17.4. The molecule has 186 valence electrons. The number of nitrogens with two attached hydrogens (primary N) is 1. The van der Waals surface area contributed by atoms with Crippen LogP contribution in [0.2, 0.25) is 0 Å². The van der Waals surface area contributed by atoms with Crippen LogP contribution in [-0.4, -0.2) is 62.0 Å². The second-order valence-corrected chi connectivity index (χ2v) is 11.9. The number of rotatable bonds is 7. The first-order valence-electron chi connectivity index (χ1n) is 12.1. The molecule has 4 N–H and O–H groups in total. The molecule has 0 aromatic carbocycles. The summed E-state index contributed by atoms with van der Waals surface area (Å²) in [4.78, 5) is 29.6. The van der Waals surface area contributed by atoms with Gasteiger partial charge in [-0.25, -0.2) is 0 Å². The van der Waals surface area contributed by atoms with Crippen molar-refractivity contribution in [2.75, 3.05) is 6.54 Å². The molecule has 2 aliphatic carbocycles. The van der Waals surface area contributed by atoms with E-state index in [2.05, 4.69) is 43.5 Å². The number of hydrogen-bond donors (Lipinski definition) is 3. The third-order valence-corrected chi connectivity index (χ3v) is 10.2. The maximum absolute atomic E-state index is 13.1. The second kappa shape index (κ2) is 8.76. The highest BCUT2D eigenvalue weighted by molar-refractivity contribution is 7.15. The molecule has 3 aromatic rings. The number of fused-ring (bicyclic) bond motifs is 3. The summed E-state index contributed by atoms with van der Waals surface area (Å²) in [5, 5.41) is 30.3. The number of aromatic nitrogens is 4. The summed E-state index contributed by atoms with van der Waals surface area (Å²) in [7, 11) is 0. The van der Waals surface area contributed by atoms with Crippen molar-refractivity contribution < 1.29 is 9.59 Å². The number of piperidine rings is 1. The first-order valence-corrected chi connectivity index (χ1v) is 13.8. The second-order valence-electron chi connectivity index (χ2n) is 9.98. The number of aromatic amines is 1. The van der Waals surface area contributed by atoms with Gasteiger partial charge in [-0.2, -0.15) is 10.5 Å². The predicted molar refractivity (Wildman–Crippen MR) is 133 cm³/mol. The number of tetrazole rings is 1. The van der Waals surface area contributed by atoms with Crippen LogP contribution in [0.3, 0.4) is 0 Å². The van der Waals surface area contributed by atoms with E-state index >= 15 is 0 Å². The lowest BCUT2D eigenvalue weighted by atomic mass is 9.76. The minimum absolute atomic E-state index is 0.0301. The van der Waals surface area contributed by atoms with Crippen LogP contribution in [0.15, 0.2) is 17.5 Å². The number of aryl methyl sites for hydroxylation is 2. The molecule has 5 atom stereocenters. The molecule has 1 saturated heterocycles. The molecule has 10 nitrogen and oxygen atoms in total. The van der Waals surface area contributed by atoms with Crippen molar-refractivity contribution in [3.8, 4) is 6.07 Å². The topological polar surface area (TPSA) is 154 Å². The van der Waals surface area contributed by atoms with Gasteiger partial charge in [0.2, 0.25) is 5.91 Å². The van der Waals surface area contributed by atoms with Crippen molar-refractivity contribution in [3.05, 3.63) is 49.1 Å². The molecule has 1 aliphatic heterocycles. The Labute approximate surface area is 215 Å². The molecular weight excluding hydrogens is 496 g/mol. The number of carbonyl (C=O) groups excluding carboxylic acids is 2. The van der Waals surface area contributed by atoms with E-state index in [-0.39, 0.29) is 30.6 Å². The van der Waals surface area contributed by atoms with Gasteiger partial charge >= 0.3 is 0 Å². The molecule has 2 amide bonds. The smallest absolute Gasteiger partial charge is 0.258 e. The largest absolute Gasteiger partial charge is 0.365 e. The average molecular weight is 523 g/mol. The van der Waals surface area contributed by atoms with E-state index < -0.39 is 11.3 Å². The van der Waals surface area contributed by atoms with Gasteiger partial charge in [-0.3, -0.25) is 9.59 Å². The zero-order valence-electron chi connectivity index (χ0n) is 19.7. The lowest BCUT2D eigenvalue weighted by Gasteiger charge is -2.33. The summed E-state index contributed by atoms with van der Waals surface area (Å²) < 4.78 is 0. The number of likely N-dealkylation sites (tertiary alicyclic amines) is 1. The lowest BCUT2D eigenvalue weighted by Crippen LogP contribution is -2.46. The van der Waals surface area contributed by atoms with Crippen molar-refractivity contribution in [1.29, 1.82) is 5.26 Å². The number of H-pyrrole nitrogens is 1. The fourth-order valence-electron chi connectivity index (χ4n) is 6.01. The minimum Gasteiger partial charge on any atom is -0.365 e. The zero-order chi connectivity index (χ0) is 25.0. The van der Waals surface area contributed by atoms with Crippen LogP contribution in [0.1, 0.15) is 62.6 Å². The van der Waals surface area contributed by atoms with Crippen molar-refractivity contribution in [2.45, 2.75) is 62.6 Å². The predicted octanol–water partition coefficient (Wildman–Crippen LogP) is 1.74. The number of nitrogens with zero attached hydrogens (tertiary/aromatic N) is 5. The highest BCUT2D eigenvalue weighted by atomic mass is 32.1. The summed E-state index contributed by atoms with van der Waals surface area (Å²) in [6.45, 7) is 2.20. The Hall–Kier alpha value is -3.14. The van der Waals surface area contributed by atoms with Gasteiger partial charge in [0.1, 0.15) is 11.5 Å². The fraction of sp³-hybridized carbons (Fsp3) is 0.500. The summed E-state index contributed by atoms with van der Waals surface area (Å²) in [6, 6.07) is 6.13. The Kier molecular flexibility index (Phi) is 5.66. The van der Waals surface area contributed by atoms with E-state index in [1.165, 1.54) is 16.9 Å². The number of primary amides is 1. The van der Waals surface area contributed by atoms with Crippen LogP contribution in [-0.2, 0) is 23.1 Å². The molecule has 12 heteroatoms. The Bertz CT molecular complexity index is 1360. The third kappa shape index (κ3) is 3.65. The summed E-state index contributed by atoms with van der Waals surface area (Å²) in [5.74, 6) is 0.543. The Balaban J connectivity index is 1.33. The highest BCUT2D eigenvalue weighted by Gasteiger charge is 2.54. The monoisotopic (exact) mass is 522 g/mol. The van der Waals surface area contributed by atoms with Crippen LogP contribution in [0.25, 0.3) is 0 Å². The number of hydrogen-bond acceptors (Lipinski definition) is 9. The number of carbonyl (C=O) groups is 2. The molecule has 1 unspecified atom stereocenters. The zero-order valence-corrected chi connectivity index (χ0v) is 21.4. The molecular formula is C24H26N8O2S2. The van der Waals surface area contributed by atoms with Crippen LogP contribution in [0.4, 0.5) is 0 Å². The molecule has 2 fully saturated rings. The average Bonchev–Trinajstić information content (AvgIpc) is 3.39. The van der Waals surface area contributed by atoms with Gasteiger partial charge in [0, 0.05) is 21.8 Å². The van der Waals surface area contributed by atoms with Gasteiger partial charge in [-0.1, -0.05) is 5.21 Å². The van der Waals surface area contributed by atoms with E-state index in [0.717, 1.165) is 41.0 Å². The van der Waals surface area contributed by atoms with E-state index in [9.17, 15) is 14.9 Å². The van der Waals surface area contributed by atoms with Gasteiger partial charge in [0.05, 0.1) is 17.5 Å². The van der Waals surface area contributed by atoms with Crippen molar-refractivity contribution >= 4 is 34.5 Å². The number of nitrogens with one attached hydrogen (secondary N) is 2. The molecule has 6 rings (SSSR count). The van der Waals surface area contributed by atoms with Gasteiger partial charge in [0.25, 0.3) is 5.91 Å². The van der Waals surface area contributed by atoms with Crippen LogP contribution in [0.5, 0.6) is 0 Å². The normalized spacial score (nSPS) is 26.9. The van der Waals surface area contributed by atoms with E-state index in [1.54, 1.807) is 16.2 Å². The number of thiophene rings is 2. The molecule has 4 heterocycles. The van der Waals surface area contributed by atoms with Crippen molar-refractivity contribution in [2.24, 2.45) is 11.7 Å². The molecule has 36 heavy (non-hydrogen) atoms. The molecule has 0 bridgehead atoms. The maximum Gasteiger partial charge on any atom is 0.258 e. The van der Waals surface area contributed by atoms with Crippen molar-refractivity contribution in [3.63, 3.8) is 0 Å². The van der Waals surface area contributed by atoms with E-state index in [1.807, 2.05) is 13.0 Å². The van der Waals surface area contributed by atoms with E-state index in [0.29, 0.717) is 23.0 Å². The highest BCUT2D eigenvalue weighted by Crippen LogP contribution is 2.51. The Morgan fingerprint density at radius 3 is 2.94 bits per heavy atom. The Morgan fingerprint density at radius 1 is 1.36 bits per heavy atom. The summed E-state index contributed by atoms with van der Waals surface area (Å²) in [6.07, 6.45) is 3.98. The summed E-state index contributed by atoms with van der Waals surface area (Å²) >= 11 is 3.05. The minimum atomic E-state index is -0.736. The SMILES string of the molecule is C[C@H](CC1(c2nn[nH]n2)c2sccc2CCc2cc(C(N)=O)sc21)NCC(=O)N1[C@H](C#N)C[C@@H]2C[C@@H]21. The summed E-state index contributed by atoms with van der Waals surface area (Å²) in [5.41, 5.74) is 7.23. The fourth-order valence-corrected chi connectivity index (χ4v) is 8.51. The van der Waals surface area contributed by atoms with Crippen molar-refractivity contribution in [1.82, 2.24) is 30.8 Å². The maximum atomic E-state index is 13.1. The lowest BCUT2D eigenvalue weighted by molar-refractivity contribution is -0.131. The number of nitriles is 1. The van der Waals surface area contributed by atoms with Gasteiger partial charge in [0.15, 0.2) is 5.82 Å². The molecule has 1 saturated carbocycles.